The van der Waals surface area contributed by atoms with Crippen LogP contribution in [-0.2, 0) is 14.8 Å². The summed E-state index contributed by atoms with van der Waals surface area (Å²) in [5.41, 5.74) is 5.07. The number of rotatable bonds is 4. The van der Waals surface area contributed by atoms with E-state index in [1.807, 2.05) is 6.07 Å². The number of aliphatic hydroxyl groups is 1. The van der Waals surface area contributed by atoms with E-state index in [0.717, 1.165) is 0 Å². The van der Waals surface area contributed by atoms with Crippen molar-refractivity contribution in [3.63, 3.8) is 0 Å². The third-order valence-electron chi connectivity index (χ3n) is 3.53. The van der Waals surface area contributed by atoms with Gasteiger partial charge in [0.05, 0.1) is 29.5 Å². The Kier molecular flexibility index (Phi) is 4.49. The molecule has 8 heteroatoms. The highest BCUT2D eigenvalue weighted by atomic mass is 32.2. The van der Waals surface area contributed by atoms with Gasteiger partial charge in [-0.25, -0.2) is 13.1 Å². The van der Waals surface area contributed by atoms with Crippen LogP contribution in [0.15, 0.2) is 23.1 Å². The molecule has 1 aromatic carbocycles. The number of nitrogen functional groups attached to an aromatic ring is 1. The summed E-state index contributed by atoms with van der Waals surface area (Å²) in [4.78, 5) is -0.0965. The first kappa shape index (κ1) is 15.7. The molecule has 114 valence electrons. The molecule has 0 saturated carbocycles. The first-order chi connectivity index (χ1) is 9.92. The highest BCUT2D eigenvalue weighted by molar-refractivity contribution is 7.89. The van der Waals surface area contributed by atoms with E-state index in [1.54, 1.807) is 0 Å². The van der Waals surface area contributed by atoms with Crippen molar-refractivity contribution in [1.82, 2.24) is 4.72 Å². The van der Waals surface area contributed by atoms with Gasteiger partial charge in [0.25, 0.3) is 0 Å². The van der Waals surface area contributed by atoms with Gasteiger partial charge in [-0.05, 0) is 31.0 Å². The standard InChI is InChI=1S/C13H17N3O4S/c14-8-10-1-2-12(11(15)7-10)21(18,19)16-13(9-17)3-5-20-6-4-13/h1-2,7,16-17H,3-6,9,15H2. The fraction of sp³-hybridized carbons (Fsp3) is 0.462. The molecule has 0 spiro atoms. The molecule has 2 rings (SSSR count). The molecule has 21 heavy (non-hydrogen) atoms. The van der Waals surface area contributed by atoms with E-state index in [0.29, 0.717) is 26.1 Å². The van der Waals surface area contributed by atoms with E-state index < -0.39 is 15.6 Å². The molecule has 1 saturated heterocycles. The fourth-order valence-electron chi connectivity index (χ4n) is 2.26. The molecule has 7 nitrogen and oxygen atoms in total. The van der Waals surface area contributed by atoms with Crippen LogP contribution in [0.1, 0.15) is 18.4 Å². The zero-order valence-electron chi connectivity index (χ0n) is 11.4. The molecular weight excluding hydrogens is 294 g/mol. The Morgan fingerprint density at radius 3 is 2.62 bits per heavy atom. The van der Waals surface area contributed by atoms with Gasteiger partial charge < -0.3 is 15.6 Å². The summed E-state index contributed by atoms with van der Waals surface area (Å²) in [6.45, 7) is 0.448. The second-order valence-corrected chi connectivity index (χ2v) is 6.67. The Balaban J connectivity index is 2.32. The van der Waals surface area contributed by atoms with Gasteiger partial charge in [0.1, 0.15) is 4.90 Å². The lowest BCUT2D eigenvalue weighted by atomic mass is 9.93. The molecule has 1 aliphatic rings. The van der Waals surface area contributed by atoms with Gasteiger partial charge in [-0.2, -0.15) is 5.26 Å². The number of aliphatic hydroxyl groups excluding tert-OH is 1. The summed E-state index contributed by atoms with van der Waals surface area (Å²) in [6, 6.07) is 5.89. The largest absolute Gasteiger partial charge is 0.398 e. The molecule has 1 heterocycles. The number of ether oxygens (including phenoxy) is 1. The smallest absolute Gasteiger partial charge is 0.243 e. The van der Waals surface area contributed by atoms with Crippen LogP contribution in [0.25, 0.3) is 0 Å². The maximum absolute atomic E-state index is 12.5. The van der Waals surface area contributed by atoms with E-state index in [-0.39, 0.29) is 22.8 Å². The minimum atomic E-state index is -3.89. The second kappa shape index (κ2) is 5.99. The lowest BCUT2D eigenvalue weighted by molar-refractivity contribution is 0.0223. The molecular formula is C13H17N3O4S. The average Bonchev–Trinajstić information content (AvgIpc) is 2.47. The Hall–Kier alpha value is -1.66. The summed E-state index contributed by atoms with van der Waals surface area (Å²) < 4.78 is 32.6. The number of nitrogens with two attached hydrogens (primary N) is 1. The van der Waals surface area contributed by atoms with Gasteiger partial charge in [0.2, 0.25) is 10.0 Å². The fourth-order valence-corrected chi connectivity index (χ4v) is 3.82. The monoisotopic (exact) mass is 311 g/mol. The van der Waals surface area contributed by atoms with Crippen molar-refractivity contribution in [2.24, 2.45) is 0 Å². The van der Waals surface area contributed by atoms with E-state index in [9.17, 15) is 13.5 Å². The third-order valence-corrected chi connectivity index (χ3v) is 5.18. The molecule has 1 aliphatic heterocycles. The summed E-state index contributed by atoms with van der Waals surface area (Å²) in [6.07, 6.45) is 0.776. The molecule has 0 amide bonds. The van der Waals surface area contributed by atoms with E-state index in [2.05, 4.69) is 4.72 Å². The molecule has 0 atom stereocenters. The SMILES string of the molecule is N#Cc1ccc(S(=O)(=O)NC2(CO)CCOCC2)c(N)c1. The van der Waals surface area contributed by atoms with Gasteiger partial charge in [0.15, 0.2) is 0 Å². The average molecular weight is 311 g/mol. The highest BCUT2D eigenvalue weighted by Crippen LogP contribution is 2.26. The van der Waals surface area contributed by atoms with E-state index in [4.69, 9.17) is 15.7 Å². The lowest BCUT2D eigenvalue weighted by Gasteiger charge is -2.35. The number of nitrogens with zero attached hydrogens (tertiary/aromatic N) is 1. The first-order valence-corrected chi connectivity index (χ1v) is 7.93. The van der Waals surface area contributed by atoms with Crippen molar-refractivity contribution in [3.05, 3.63) is 23.8 Å². The first-order valence-electron chi connectivity index (χ1n) is 6.45. The van der Waals surface area contributed by atoms with Crippen molar-refractivity contribution < 1.29 is 18.3 Å². The summed E-state index contributed by atoms with van der Waals surface area (Å²) >= 11 is 0. The Morgan fingerprint density at radius 2 is 2.10 bits per heavy atom. The van der Waals surface area contributed by atoms with Crippen LogP contribution in [0, 0.1) is 11.3 Å². The van der Waals surface area contributed by atoms with Crippen molar-refractivity contribution >= 4 is 15.7 Å². The number of anilines is 1. The third kappa shape index (κ3) is 3.33. The quantitative estimate of drug-likeness (QED) is 0.670. The molecule has 0 aromatic heterocycles. The van der Waals surface area contributed by atoms with Crippen LogP contribution >= 0.6 is 0 Å². The maximum atomic E-state index is 12.5. The summed E-state index contributed by atoms with van der Waals surface area (Å²) in [7, 11) is -3.89. The topological polar surface area (TPSA) is 125 Å². The van der Waals surface area contributed by atoms with Crippen LogP contribution in [0.3, 0.4) is 0 Å². The Bertz CT molecular complexity index is 660. The lowest BCUT2D eigenvalue weighted by Crippen LogP contribution is -2.54. The molecule has 4 N–H and O–H groups in total. The number of nitrogens with one attached hydrogen (secondary N) is 1. The number of sulfonamides is 1. The summed E-state index contributed by atoms with van der Waals surface area (Å²) in [5, 5.41) is 18.3. The van der Waals surface area contributed by atoms with Crippen LogP contribution < -0.4 is 10.5 Å². The van der Waals surface area contributed by atoms with Gasteiger partial charge >= 0.3 is 0 Å². The van der Waals surface area contributed by atoms with Crippen molar-refractivity contribution in [2.75, 3.05) is 25.6 Å². The number of hydrogen-bond acceptors (Lipinski definition) is 6. The summed E-state index contributed by atoms with van der Waals surface area (Å²) in [5.74, 6) is 0. The number of hydrogen-bond donors (Lipinski definition) is 3. The molecule has 1 aromatic rings. The normalized spacial score (nSPS) is 18.1. The van der Waals surface area contributed by atoms with Crippen LogP contribution in [-0.4, -0.2) is 38.9 Å². The van der Waals surface area contributed by atoms with Gasteiger partial charge in [-0.1, -0.05) is 0 Å². The van der Waals surface area contributed by atoms with Crippen LogP contribution in [0.2, 0.25) is 0 Å². The number of nitriles is 1. The minimum Gasteiger partial charge on any atom is -0.398 e. The zero-order chi connectivity index (χ0) is 15.5. The maximum Gasteiger partial charge on any atom is 0.243 e. The highest BCUT2D eigenvalue weighted by Gasteiger charge is 2.37. The van der Waals surface area contributed by atoms with Gasteiger partial charge in [-0.15, -0.1) is 0 Å². The predicted molar refractivity (Wildman–Crippen MR) is 75.8 cm³/mol. The van der Waals surface area contributed by atoms with Gasteiger partial charge in [-0.3, -0.25) is 0 Å². The Labute approximate surface area is 123 Å². The molecule has 0 unspecified atom stereocenters. The van der Waals surface area contributed by atoms with Crippen LogP contribution in [0.5, 0.6) is 0 Å². The second-order valence-electron chi connectivity index (χ2n) is 5.02. The zero-order valence-corrected chi connectivity index (χ0v) is 12.2. The molecule has 0 aliphatic carbocycles. The van der Waals surface area contributed by atoms with Crippen molar-refractivity contribution in [3.8, 4) is 6.07 Å². The van der Waals surface area contributed by atoms with E-state index in [1.165, 1.54) is 18.2 Å². The van der Waals surface area contributed by atoms with Crippen LogP contribution in [0.4, 0.5) is 5.69 Å². The molecule has 0 bridgehead atoms. The molecule has 0 radical (unpaired) electrons. The van der Waals surface area contributed by atoms with Gasteiger partial charge in [0, 0.05) is 13.2 Å². The van der Waals surface area contributed by atoms with Crippen molar-refractivity contribution in [1.29, 1.82) is 5.26 Å². The minimum absolute atomic E-state index is 0.00157. The predicted octanol–water partition coefficient (Wildman–Crippen LogP) is -0.0397. The number of benzene rings is 1. The Morgan fingerprint density at radius 1 is 1.43 bits per heavy atom. The molecule has 1 fully saturated rings. The van der Waals surface area contributed by atoms with E-state index >= 15 is 0 Å². The van der Waals surface area contributed by atoms with Crippen molar-refractivity contribution in [2.45, 2.75) is 23.3 Å².